The maximum atomic E-state index is 13.4. The van der Waals surface area contributed by atoms with Crippen molar-refractivity contribution in [3.8, 4) is 17.1 Å². The van der Waals surface area contributed by atoms with Gasteiger partial charge in [0.05, 0.1) is 12.1 Å². The molecule has 0 aliphatic heterocycles. The summed E-state index contributed by atoms with van der Waals surface area (Å²) < 4.78 is 18.7. The first-order valence-corrected chi connectivity index (χ1v) is 7.50. The molecular formula is C18H16FN3O2. The van der Waals surface area contributed by atoms with Crippen LogP contribution in [0.2, 0.25) is 0 Å². The number of hydrogen-bond acceptors (Lipinski definition) is 3. The Bertz CT molecular complexity index is 819. The van der Waals surface area contributed by atoms with Crippen molar-refractivity contribution in [1.82, 2.24) is 15.3 Å². The number of H-pyrrole nitrogens is 1. The third kappa shape index (κ3) is 3.60. The highest BCUT2D eigenvalue weighted by atomic mass is 19.1. The van der Waals surface area contributed by atoms with Gasteiger partial charge in [-0.25, -0.2) is 9.37 Å². The lowest BCUT2D eigenvalue weighted by atomic mass is 10.1. The molecule has 0 bridgehead atoms. The zero-order valence-corrected chi connectivity index (χ0v) is 12.8. The van der Waals surface area contributed by atoms with Crippen molar-refractivity contribution in [3.63, 3.8) is 0 Å². The van der Waals surface area contributed by atoms with Gasteiger partial charge in [0.25, 0.3) is 5.91 Å². The molecule has 0 spiro atoms. The van der Waals surface area contributed by atoms with Crippen LogP contribution in [0.4, 0.5) is 4.39 Å². The van der Waals surface area contributed by atoms with Crippen LogP contribution in [0.25, 0.3) is 11.4 Å². The van der Waals surface area contributed by atoms with Crippen LogP contribution < -0.4 is 10.1 Å². The van der Waals surface area contributed by atoms with Crippen LogP contribution in [0.1, 0.15) is 10.4 Å². The minimum atomic E-state index is -0.424. The number of carbonyl (C=O) groups excluding carboxylic acids is 1. The first-order chi connectivity index (χ1) is 11.8. The number of aromatic amines is 1. The van der Waals surface area contributed by atoms with Crippen LogP contribution in [0.15, 0.2) is 60.9 Å². The van der Waals surface area contributed by atoms with Gasteiger partial charge in [-0.3, -0.25) is 4.79 Å². The number of aromatic nitrogens is 2. The summed E-state index contributed by atoms with van der Waals surface area (Å²) in [6.07, 6.45) is 3.33. The molecule has 0 radical (unpaired) electrons. The van der Waals surface area contributed by atoms with Gasteiger partial charge in [-0.1, -0.05) is 30.3 Å². The minimum Gasteiger partial charge on any atom is -0.489 e. The topological polar surface area (TPSA) is 67.0 Å². The van der Waals surface area contributed by atoms with E-state index < -0.39 is 5.82 Å². The zero-order valence-electron chi connectivity index (χ0n) is 12.8. The molecule has 0 aliphatic rings. The minimum absolute atomic E-state index is 0.169. The molecule has 1 aromatic heterocycles. The molecule has 1 heterocycles. The van der Waals surface area contributed by atoms with Crippen LogP contribution in [0.5, 0.6) is 5.75 Å². The van der Waals surface area contributed by atoms with Gasteiger partial charge in [0.1, 0.15) is 12.4 Å². The van der Waals surface area contributed by atoms with E-state index in [1.54, 1.807) is 42.7 Å². The molecule has 0 saturated heterocycles. The summed E-state index contributed by atoms with van der Waals surface area (Å²) in [4.78, 5) is 19.5. The SMILES string of the molecule is O=C(NCCOc1ccccc1F)c1ccccc1-c1ncc[nH]1. The molecule has 0 unspecified atom stereocenters. The Hall–Kier alpha value is -3.15. The van der Waals surface area contributed by atoms with E-state index in [9.17, 15) is 9.18 Å². The van der Waals surface area contributed by atoms with Crippen molar-refractivity contribution < 1.29 is 13.9 Å². The number of hydrogen-bond donors (Lipinski definition) is 2. The molecular weight excluding hydrogens is 309 g/mol. The van der Waals surface area contributed by atoms with Gasteiger partial charge in [-0.15, -0.1) is 0 Å². The van der Waals surface area contributed by atoms with Crippen molar-refractivity contribution in [3.05, 3.63) is 72.3 Å². The smallest absolute Gasteiger partial charge is 0.252 e. The fourth-order valence-electron chi connectivity index (χ4n) is 2.28. The van der Waals surface area contributed by atoms with Crippen molar-refractivity contribution in [2.45, 2.75) is 0 Å². The molecule has 3 rings (SSSR count). The third-order valence-electron chi connectivity index (χ3n) is 3.41. The second-order valence-corrected chi connectivity index (χ2v) is 5.02. The highest BCUT2D eigenvalue weighted by Crippen LogP contribution is 2.19. The lowest BCUT2D eigenvalue weighted by Crippen LogP contribution is -2.28. The zero-order chi connectivity index (χ0) is 16.8. The summed E-state index contributed by atoms with van der Waals surface area (Å²) >= 11 is 0. The average Bonchev–Trinajstić information content (AvgIpc) is 3.14. The summed E-state index contributed by atoms with van der Waals surface area (Å²) in [7, 11) is 0. The van der Waals surface area contributed by atoms with Gasteiger partial charge in [0.15, 0.2) is 11.6 Å². The Balaban J connectivity index is 1.59. The van der Waals surface area contributed by atoms with Crippen molar-refractivity contribution in [1.29, 1.82) is 0 Å². The van der Waals surface area contributed by atoms with E-state index >= 15 is 0 Å². The maximum absolute atomic E-state index is 13.4. The number of amides is 1. The molecule has 5 nitrogen and oxygen atoms in total. The quantitative estimate of drug-likeness (QED) is 0.685. The van der Waals surface area contributed by atoms with E-state index in [0.29, 0.717) is 11.4 Å². The number of nitrogens with zero attached hydrogens (tertiary/aromatic N) is 1. The van der Waals surface area contributed by atoms with E-state index in [1.165, 1.54) is 6.07 Å². The van der Waals surface area contributed by atoms with E-state index in [2.05, 4.69) is 15.3 Å². The summed E-state index contributed by atoms with van der Waals surface area (Å²) in [5, 5.41) is 2.76. The molecule has 0 saturated carbocycles. The molecule has 0 fully saturated rings. The molecule has 1 amide bonds. The average molecular weight is 325 g/mol. The second-order valence-electron chi connectivity index (χ2n) is 5.02. The normalized spacial score (nSPS) is 10.4. The van der Waals surface area contributed by atoms with Gasteiger partial charge >= 0.3 is 0 Å². The summed E-state index contributed by atoms with van der Waals surface area (Å²) in [5.74, 6) is 0.136. The number of halogens is 1. The first-order valence-electron chi connectivity index (χ1n) is 7.50. The first kappa shape index (κ1) is 15.7. The lowest BCUT2D eigenvalue weighted by molar-refractivity contribution is 0.0947. The molecule has 3 aromatic rings. The number of para-hydroxylation sites is 1. The van der Waals surface area contributed by atoms with Crippen LogP contribution >= 0.6 is 0 Å². The second kappa shape index (κ2) is 7.41. The predicted molar refractivity (Wildman–Crippen MR) is 88.3 cm³/mol. The Labute approximate surface area is 138 Å². The number of benzene rings is 2. The largest absolute Gasteiger partial charge is 0.489 e. The van der Waals surface area contributed by atoms with E-state index in [1.807, 2.05) is 12.1 Å². The highest BCUT2D eigenvalue weighted by Gasteiger charge is 2.13. The van der Waals surface area contributed by atoms with E-state index in [-0.39, 0.29) is 24.8 Å². The standard InChI is InChI=1S/C18H16FN3O2/c19-15-7-3-4-8-16(15)24-12-11-22-18(23)14-6-2-1-5-13(14)17-20-9-10-21-17/h1-10H,11-12H2,(H,20,21)(H,22,23). The predicted octanol–water partition coefficient (Wildman–Crippen LogP) is 3.02. The van der Waals surface area contributed by atoms with Crippen molar-refractivity contribution in [2.24, 2.45) is 0 Å². The maximum Gasteiger partial charge on any atom is 0.252 e. The molecule has 122 valence electrons. The molecule has 24 heavy (non-hydrogen) atoms. The fraction of sp³-hybridized carbons (Fsp3) is 0.111. The number of carbonyl (C=O) groups is 1. The highest BCUT2D eigenvalue weighted by molar-refractivity contribution is 6.00. The van der Waals surface area contributed by atoms with Crippen molar-refractivity contribution >= 4 is 5.91 Å². The summed E-state index contributed by atoms with van der Waals surface area (Å²) in [6.45, 7) is 0.440. The van der Waals surface area contributed by atoms with Crippen LogP contribution in [-0.2, 0) is 0 Å². The number of imidazole rings is 1. The summed E-state index contributed by atoms with van der Waals surface area (Å²) in [5.41, 5.74) is 1.23. The van der Waals surface area contributed by atoms with Crippen LogP contribution in [-0.4, -0.2) is 29.0 Å². The van der Waals surface area contributed by atoms with Crippen LogP contribution in [0, 0.1) is 5.82 Å². The van der Waals surface area contributed by atoms with Crippen molar-refractivity contribution in [2.75, 3.05) is 13.2 Å². The van der Waals surface area contributed by atoms with Crippen LogP contribution in [0.3, 0.4) is 0 Å². The molecule has 0 aliphatic carbocycles. The molecule has 2 aromatic carbocycles. The number of rotatable bonds is 6. The Kier molecular flexibility index (Phi) is 4.86. The molecule has 2 N–H and O–H groups in total. The van der Waals surface area contributed by atoms with Gasteiger partial charge in [-0.05, 0) is 18.2 Å². The van der Waals surface area contributed by atoms with Gasteiger partial charge < -0.3 is 15.0 Å². The third-order valence-corrected chi connectivity index (χ3v) is 3.41. The van der Waals surface area contributed by atoms with Gasteiger partial charge in [0.2, 0.25) is 0 Å². The Morgan fingerprint density at radius 2 is 1.96 bits per heavy atom. The Morgan fingerprint density at radius 1 is 1.17 bits per heavy atom. The fourth-order valence-corrected chi connectivity index (χ4v) is 2.28. The molecule has 6 heteroatoms. The number of ether oxygens (including phenoxy) is 1. The summed E-state index contributed by atoms with van der Waals surface area (Å²) in [6, 6.07) is 13.3. The lowest BCUT2D eigenvalue weighted by Gasteiger charge is -2.10. The van der Waals surface area contributed by atoms with E-state index in [4.69, 9.17) is 4.74 Å². The van der Waals surface area contributed by atoms with E-state index in [0.717, 1.165) is 5.56 Å². The Morgan fingerprint density at radius 3 is 2.75 bits per heavy atom. The number of nitrogens with one attached hydrogen (secondary N) is 2. The van der Waals surface area contributed by atoms with Gasteiger partial charge in [-0.2, -0.15) is 0 Å². The monoisotopic (exact) mass is 325 g/mol. The molecule has 0 atom stereocenters. The van der Waals surface area contributed by atoms with Gasteiger partial charge in [0, 0.05) is 18.0 Å².